The van der Waals surface area contributed by atoms with E-state index in [9.17, 15) is 14.4 Å². The fourth-order valence-corrected chi connectivity index (χ4v) is 3.85. The molecule has 0 aliphatic heterocycles. The van der Waals surface area contributed by atoms with Crippen LogP contribution in [0, 0.1) is 0 Å². The Labute approximate surface area is 176 Å². The molecule has 0 aliphatic carbocycles. The molecule has 0 bridgehead atoms. The van der Waals surface area contributed by atoms with Gasteiger partial charge in [-0.15, -0.1) is 11.3 Å². The first-order valence-electron chi connectivity index (χ1n) is 9.23. The van der Waals surface area contributed by atoms with E-state index in [2.05, 4.69) is 10.4 Å². The summed E-state index contributed by atoms with van der Waals surface area (Å²) in [4.78, 5) is 37.9. The number of carbonyl (C=O) groups is 2. The highest BCUT2D eigenvalue weighted by molar-refractivity contribution is 7.16. The summed E-state index contributed by atoms with van der Waals surface area (Å²) in [5, 5.41) is 10.2. The quantitative estimate of drug-likeness (QED) is 0.557. The van der Waals surface area contributed by atoms with Gasteiger partial charge < -0.3 is 10.1 Å². The lowest BCUT2D eigenvalue weighted by Gasteiger charge is -2.10. The highest BCUT2D eigenvalue weighted by atomic mass is 35.5. The second-order valence-electron chi connectivity index (χ2n) is 6.27. The van der Waals surface area contributed by atoms with E-state index in [1.165, 1.54) is 11.3 Å². The SMILES string of the molecule is CCCCC(=O)Nc1scc2c(C(=O)OCC)nn(-c3ccc(Cl)cc3)c(=O)c12. The largest absolute Gasteiger partial charge is 0.461 e. The Balaban J connectivity index is 2.18. The molecule has 7 nitrogen and oxygen atoms in total. The van der Waals surface area contributed by atoms with Gasteiger partial charge in [0, 0.05) is 22.2 Å². The Morgan fingerprint density at radius 1 is 1.24 bits per heavy atom. The van der Waals surface area contributed by atoms with Gasteiger partial charge in [0.2, 0.25) is 5.91 Å². The smallest absolute Gasteiger partial charge is 0.359 e. The number of ether oxygens (including phenoxy) is 1. The van der Waals surface area contributed by atoms with Crippen LogP contribution in [0.2, 0.25) is 5.02 Å². The molecule has 2 heterocycles. The zero-order valence-electron chi connectivity index (χ0n) is 16.0. The average molecular weight is 434 g/mol. The van der Waals surface area contributed by atoms with E-state index >= 15 is 0 Å². The molecule has 0 spiro atoms. The number of carbonyl (C=O) groups excluding carboxylic acids is 2. The summed E-state index contributed by atoms with van der Waals surface area (Å²) in [5.41, 5.74) is 0.0189. The topological polar surface area (TPSA) is 90.3 Å². The highest BCUT2D eigenvalue weighted by Crippen LogP contribution is 2.31. The van der Waals surface area contributed by atoms with Gasteiger partial charge in [-0.2, -0.15) is 9.78 Å². The van der Waals surface area contributed by atoms with Gasteiger partial charge in [0.15, 0.2) is 5.69 Å². The second kappa shape index (κ2) is 9.19. The first-order chi connectivity index (χ1) is 14.0. The molecule has 1 amide bonds. The fourth-order valence-electron chi connectivity index (χ4n) is 2.78. The number of aromatic nitrogens is 2. The van der Waals surface area contributed by atoms with E-state index in [1.807, 2.05) is 6.92 Å². The number of rotatable bonds is 7. The number of nitrogens with zero attached hydrogens (tertiary/aromatic N) is 2. The molecule has 0 unspecified atom stereocenters. The molecule has 2 aromatic heterocycles. The van der Waals surface area contributed by atoms with Crippen LogP contribution >= 0.6 is 22.9 Å². The van der Waals surface area contributed by atoms with Crippen LogP contribution in [0.1, 0.15) is 43.6 Å². The van der Waals surface area contributed by atoms with Crippen molar-refractivity contribution in [3.05, 3.63) is 50.7 Å². The van der Waals surface area contributed by atoms with Crippen LogP contribution in [0.3, 0.4) is 0 Å². The lowest BCUT2D eigenvalue weighted by molar-refractivity contribution is -0.116. The number of fused-ring (bicyclic) bond motifs is 1. The van der Waals surface area contributed by atoms with Crippen molar-refractivity contribution in [3.8, 4) is 5.69 Å². The number of amides is 1. The maximum Gasteiger partial charge on any atom is 0.359 e. The van der Waals surface area contributed by atoms with Crippen LogP contribution in [-0.4, -0.2) is 28.3 Å². The van der Waals surface area contributed by atoms with Crippen LogP contribution in [0.25, 0.3) is 16.5 Å². The maximum atomic E-state index is 13.2. The normalized spacial score (nSPS) is 10.9. The summed E-state index contributed by atoms with van der Waals surface area (Å²) < 4.78 is 6.23. The molecule has 1 aromatic carbocycles. The van der Waals surface area contributed by atoms with Crippen LogP contribution in [0.15, 0.2) is 34.4 Å². The van der Waals surface area contributed by atoms with Crippen molar-refractivity contribution in [3.63, 3.8) is 0 Å². The number of nitrogens with one attached hydrogen (secondary N) is 1. The standard InChI is InChI=1S/C20H20ClN3O4S/c1-3-5-6-15(25)22-18-16-14(11-29-18)17(20(27)28-4-2)23-24(19(16)26)13-9-7-12(21)8-10-13/h7-11H,3-6H2,1-2H3,(H,22,25). The summed E-state index contributed by atoms with van der Waals surface area (Å²) in [5.74, 6) is -0.815. The summed E-state index contributed by atoms with van der Waals surface area (Å²) in [6.45, 7) is 3.86. The molecule has 0 saturated carbocycles. The Morgan fingerprint density at radius 2 is 1.97 bits per heavy atom. The van der Waals surface area contributed by atoms with Crippen LogP contribution in [-0.2, 0) is 9.53 Å². The lowest BCUT2D eigenvalue weighted by atomic mass is 10.2. The number of thiophene rings is 1. The van der Waals surface area contributed by atoms with Crippen molar-refractivity contribution >= 4 is 50.6 Å². The monoisotopic (exact) mass is 433 g/mol. The predicted molar refractivity (Wildman–Crippen MR) is 114 cm³/mol. The molecule has 0 fully saturated rings. The number of anilines is 1. The molecular weight excluding hydrogens is 414 g/mol. The molecule has 0 aliphatic rings. The van der Waals surface area contributed by atoms with Gasteiger partial charge in [-0.25, -0.2) is 4.79 Å². The maximum absolute atomic E-state index is 13.2. The average Bonchev–Trinajstić information content (AvgIpc) is 3.12. The van der Waals surface area contributed by atoms with Gasteiger partial charge in [0.05, 0.1) is 17.7 Å². The zero-order valence-corrected chi connectivity index (χ0v) is 17.6. The Bertz CT molecular complexity index is 1110. The van der Waals surface area contributed by atoms with Gasteiger partial charge in [-0.1, -0.05) is 24.9 Å². The molecule has 9 heteroatoms. The van der Waals surface area contributed by atoms with Gasteiger partial charge in [0.25, 0.3) is 5.56 Å². The predicted octanol–water partition coefficient (Wildman–Crippen LogP) is 4.41. The second-order valence-corrected chi connectivity index (χ2v) is 7.58. The Kier molecular flexibility index (Phi) is 6.66. The van der Waals surface area contributed by atoms with Crippen LogP contribution in [0.5, 0.6) is 0 Å². The van der Waals surface area contributed by atoms with E-state index < -0.39 is 11.5 Å². The Hall–Kier alpha value is -2.71. The molecule has 0 radical (unpaired) electrons. The molecule has 0 saturated heterocycles. The highest BCUT2D eigenvalue weighted by Gasteiger charge is 2.23. The zero-order chi connectivity index (χ0) is 21.0. The summed E-state index contributed by atoms with van der Waals surface area (Å²) in [7, 11) is 0. The van der Waals surface area contributed by atoms with Crippen molar-refractivity contribution in [1.29, 1.82) is 0 Å². The molecule has 0 atom stereocenters. The van der Waals surface area contributed by atoms with Crippen molar-refractivity contribution in [1.82, 2.24) is 9.78 Å². The number of esters is 1. The van der Waals surface area contributed by atoms with E-state index in [-0.39, 0.29) is 23.6 Å². The van der Waals surface area contributed by atoms with E-state index in [4.69, 9.17) is 16.3 Å². The minimum Gasteiger partial charge on any atom is -0.461 e. The van der Waals surface area contributed by atoms with Crippen molar-refractivity contribution in [2.24, 2.45) is 0 Å². The van der Waals surface area contributed by atoms with E-state index in [1.54, 1.807) is 36.6 Å². The van der Waals surface area contributed by atoms with Gasteiger partial charge in [-0.3, -0.25) is 9.59 Å². The van der Waals surface area contributed by atoms with E-state index in [0.717, 1.165) is 17.5 Å². The molecule has 29 heavy (non-hydrogen) atoms. The summed E-state index contributed by atoms with van der Waals surface area (Å²) in [6.07, 6.45) is 2.00. The van der Waals surface area contributed by atoms with Gasteiger partial charge >= 0.3 is 5.97 Å². The van der Waals surface area contributed by atoms with Gasteiger partial charge in [0.1, 0.15) is 5.00 Å². The van der Waals surface area contributed by atoms with Crippen LogP contribution < -0.4 is 10.9 Å². The lowest BCUT2D eigenvalue weighted by Crippen LogP contribution is -2.25. The summed E-state index contributed by atoms with van der Waals surface area (Å²) >= 11 is 7.12. The van der Waals surface area contributed by atoms with E-state index in [0.29, 0.717) is 27.5 Å². The first kappa shape index (κ1) is 21.0. The molecular formula is C20H20ClN3O4S. The third-order valence-electron chi connectivity index (χ3n) is 4.20. The third kappa shape index (κ3) is 4.49. The fraction of sp³-hybridized carbons (Fsp3) is 0.300. The number of halogens is 1. The molecule has 152 valence electrons. The molecule has 1 N–H and O–H groups in total. The van der Waals surface area contributed by atoms with Crippen LogP contribution in [0.4, 0.5) is 5.00 Å². The number of hydrogen-bond donors (Lipinski definition) is 1. The number of unbranched alkanes of at least 4 members (excludes halogenated alkanes) is 1. The number of hydrogen-bond acceptors (Lipinski definition) is 6. The summed E-state index contributed by atoms with van der Waals surface area (Å²) in [6, 6.07) is 6.51. The third-order valence-corrected chi connectivity index (χ3v) is 5.35. The molecule has 3 aromatic rings. The minimum atomic E-state index is -0.637. The minimum absolute atomic E-state index is 0.0155. The number of benzene rings is 1. The Morgan fingerprint density at radius 3 is 2.62 bits per heavy atom. The van der Waals surface area contributed by atoms with Gasteiger partial charge in [-0.05, 0) is 37.6 Å². The molecule has 3 rings (SSSR count). The van der Waals surface area contributed by atoms with Crippen molar-refractivity contribution in [2.45, 2.75) is 33.1 Å². The van der Waals surface area contributed by atoms with Crippen molar-refractivity contribution < 1.29 is 14.3 Å². The first-order valence-corrected chi connectivity index (χ1v) is 10.5. The van der Waals surface area contributed by atoms with Crippen molar-refractivity contribution in [2.75, 3.05) is 11.9 Å².